The first-order valence-electron chi connectivity index (χ1n) is 6.08. The molecule has 0 fully saturated rings. The fraction of sp³-hybridized carbons (Fsp3) is 0.154. The molecule has 0 radical (unpaired) electrons. The summed E-state index contributed by atoms with van der Waals surface area (Å²) < 4.78 is 1.96. The van der Waals surface area contributed by atoms with Crippen LogP contribution in [0.1, 0.15) is 11.3 Å². The Morgan fingerprint density at radius 2 is 2.20 bits per heavy atom. The van der Waals surface area contributed by atoms with Crippen molar-refractivity contribution < 1.29 is 4.92 Å². The molecule has 6 nitrogen and oxygen atoms in total. The Hall–Kier alpha value is -2.25. The van der Waals surface area contributed by atoms with Crippen LogP contribution in [0.2, 0.25) is 0 Å². The van der Waals surface area contributed by atoms with Crippen LogP contribution in [0.4, 0.5) is 5.69 Å². The molecule has 0 bridgehead atoms. The van der Waals surface area contributed by atoms with Crippen LogP contribution in [0.15, 0.2) is 42.0 Å². The molecule has 0 aliphatic carbocycles. The van der Waals surface area contributed by atoms with E-state index in [9.17, 15) is 10.1 Å². The van der Waals surface area contributed by atoms with Crippen molar-refractivity contribution in [3.05, 3.63) is 63.4 Å². The van der Waals surface area contributed by atoms with Gasteiger partial charge in [-0.25, -0.2) is 4.98 Å². The molecule has 0 atom stereocenters. The summed E-state index contributed by atoms with van der Waals surface area (Å²) in [7, 11) is 0. The van der Waals surface area contributed by atoms with E-state index < -0.39 is 0 Å². The second-order valence-electron chi connectivity index (χ2n) is 4.31. The second-order valence-corrected chi connectivity index (χ2v) is 5.19. The third-order valence-corrected chi connectivity index (χ3v) is 3.72. The van der Waals surface area contributed by atoms with Crippen LogP contribution < -0.4 is 5.32 Å². The second kappa shape index (κ2) is 5.40. The Morgan fingerprint density at radius 3 is 3.00 bits per heavy atom. The van der Waals surface area contributed by atoms with E-state index in [2.05, 4.69) is 10.3 Å². The van der Waals surface area contributed by atoms with Crippen molar-refractivity contribution in [2.45, 2.75) is 13.1 Å². The monoisotopic (exact) mass is 288 g/mol. The summed E-state index contributed by atoms with van der Waals surface area (Å²) in [4.78, 5) is 15.9. The van der Waals surface area contributed by atoms with Crippen LogP contribution >= 0.6 is 11.3 Å². The lowest BCUT2D eigenvalue weighted by Gasteiger charge is -2.03. The zero-order chi connectivity index (χ0) is 13.9. The van der Waals surface area contributed by atoms with Crippen molar-refractivity contribution in [2.75, 3.05) is 0 Å². The van der Waals surface area contributed by atoms with Crippen LogP contribution in [-0.2, 0) is 13.1 Å². The van der Waals surface area contributed by atoms with Crippen molar-refractivity contribution in [1.82, 2.24) is 14.7 Å². The number of thiazole rings is 1. The van der Waals surface area contributed by atoms with Gasteiger partial charge in [0.1, 0.15) is 0 Å². The average molecular weight is 288 g/mol. The van der Waals surface area contributed by atoms with Gasteiger partial charge in [-0.05, 0) is 0 Å². The number of imidazole rings is 1. The molecule has 0 saturated heterocycles. The number of nitro groups is 1. The molecule has 1 N–H and O–H groups in total. The first kappa shape index (κ1) is 12.8. The topological polar surface area (TPSA) is 72.5 Å². The van der Waals surface area contributed by atoms with Gasteiger partial charge >= 0.3 is 0 Å². The third kappa shape index (κ3) is 2.54. The van der Waals surface area contributed by atoms with Gasteiger partial charge < -0.3 is 5.32 Å². The van der Waals surface area contributed by atoms with Crippen molar-refractivity contribution in [2.24, 2.45) is 0 Å². The van der Waals surface area contributed by atoms with E-state index in [4.69, 9.17) is 0 Å². The minimum atomic E-state index is -0.358. The first-order chi connectivity index (χ1) is 9.74. The molecular formula is C13H12N4O2S. The van der Waals surface area contributed by atoms with Gasteiger partial charge in [-0.3, -0.25) is 14.5 Å². The summed E-state index contributed by atoms with van der Waals surface area (Å²) >= 11 is 1.58. The highest BCUT2D eigenvalue weighted by atomic mass is 32.1. The Morgan fingerprint density at radius 1 is 1.35 bits per heavy atom. The maximum atomic E-state index is 10.9. The molecule has 2 heterocycles. The molecule has 0 spiro atoms. The summed E-state index contributed by atoms with van der Waals surface area (Å²) in [5, 5.41) is 16.1. The summed E-state index contributed by atoms with van der Waals surface area (Å²) in [5.41, 5.74) is 1.75. The van der Waals surface area contributed by atoms with Crippen molar-refractivity contribution in [3.8, 4) is 0 Å². The number of rotatable bonds is 5. The predicted octanol–water partition coefficient (Wildman–Crippen LogP) is 2.59. The van der Waals surface area contributed by atoms with Gasteiger partial charge in [-0.15, -0.1) is 11.3 Å². The lowest BCUT2D eigenvalue weighted by atomic mass is 10.2. The number of fused-ring (bicyclic) bond motifs is 1. The SMILES string of the molecule is O=[N+]([O-])c1ccccc1CNCc1cn2ccsc2n1. The molecule has 0 aliphatic rings. The summed E-state index contributed by atoms with van der Waals surface area (Å²) in [6, 6.07) is 6.75. The predicted molar refractivity (Wildman–Crippen MR) is 76.7 cm³/mol. The van der Waals surface area contributed by atoms with Crippen LogP contribution in [0, 0.1) is 10.1 Å². The quantitative estimate of drug-likeness (QED) is 0.578. The van der Waals surface area contributed by atoms with Crippen molar-refractivity contribution in [1.29, 1.82) is 0 Å². The highest BCUT2D eigenvalue weighted by Crippen LogP contribution is 2.17. The number of para-hydroxylation sites is 1. The molecule has 3 aromatic rings. The molecule has 0 aliphatic heterocycles. The normalized spacial score (nSPS) is 11.0. The van der Waals surface area contributed by atoms with Crippen molar-refractivity contribution >= 4 is 22.0 Å². The van der Waals surface area contributed by atoms with E-state index >= 15 is 0 Å². The Bertz CT molecular complexity index is 721. The fourth-order valence-electron chi connectivity index (χ4n) is 2.02. The summed E-state index contributed by atoms with van der Waals surface area (Å²) in [6.07, 6.45) is 3.91. The number of nitrogens with one attached hydrogen (secondary N) is 1. The van der Waals surface area contributed by atoms with Gasteiger partial charge in [-0.1, -0.05) is 18.2 Å². The first-order valence-corrected chi connectivity index (χ1v) is 6.96. The molecular weight excluding hydrogens is 276 g/mol. The van der Waals surface area contributed by atoms with E-state index in [1.165, 1.54) is 6.07 Å². The lowest BCUT2D eigenvalue weighted by molar-refractivity contribution is -0.385. The Balaban J connectivity index is 1.65. The van der Waals surface area contributed by atoms with Crippen LogP contribution in [0.3, 0.4) is 0 Å². The standard InChI is InChI=1S/C13H12N4O2S/c18-17(19)12-4-2-1-3-10(12)7-14-8-11-9-16-5-6-20-13(16)15-11/h1-6,9,14H,7-8H2. The van der Waals surface area contributed by atoms with Crippen molar-refractivity contribution in [3.63, 3.8) is 0 Å². The van der Waals surface area contributed by atoms with Gasteiger partial charge in [-0.2, -0.15) is 0 Å². The highest BCUT2D eigenvalue weighted by molar-refractivity contribution is 7.15. The molecule has 0 unspecified atom stereocenters. The zero-order valence-corrected chi connectivity index (χ0v) is 11.3. The van der Waals surface area contributed by atoms with Gasteiger partial charge in [0.15, 0.2) is 4.96 Å². The largest absolute Gasteiger partial charge is 0.307 e. The molecule has 102 valence electrons. The van der Waals surface area contributed by atoms with Crippen LogP contribution in [0.25, 0.3) is 4.96 Å². The van der Waals surface area contributed by atoms with E-state index in [0.29, 0.717) is 18.7 Å². The van der Waals surface area contributed by atoms with Crippen LogP contribution in [-0.4, -0.2) is 14.3 Å². The van der Waals surface area contributed by atoms with Gasteiger partial charge in [0.25, 0.3) is 5.69 Å². The molecule has 2 aromatic heterocycles. The third-order valence-electron chi connectivity index (χ3n) is 2.95. The number of aromatic nitrogens is 2. The smallest absolute Gasteiger partial charge is 0.273 e. The average Bonchev–Trinajstić information content (AvgIpc) is 3.00. The van der Waals surface area contributed by atoms with E-state index in [0.717, 1.165) is 10.7 Å². The molecule has 0 amide bonds. The summed E-state index contributed by atoms with van der Waals surface area (Å²) in [6.45, 7) is 1.03. The molecule has 0 saturated carbocycles. The number of hydrogen-bond donors (Lipinski definition) is 1. The van der Waals surface area contributed by atoms with Gasteiger partial charge in [0, 0.05) is 42.5 Å². The van der Waals surface area contributed by atoms with Gasteiger partial charge in [0.2, 0.25) is 0 Å². The maximum absolute atomic E-state index is 10.9. The number of benzene rings is 1. The lowest BCUT2D eigenvalue weighted by Crippen LogP contribution is -2.14. The minimum absolute atomic E-state index is 0.144. The van der Waals surface area contributed by atoms with Crippen LogP contribution in [0.5, 0.6) is 0 Å². The van der Waals surface area contributed by atoms with Gasteiger partial charge in [0.05, 0.1) is 10.6 Å². The highest BCUT2D eigenvalue weighted by Gasteiger charge is 2.11. The van der Waals surface area contributed by atoms with E-state index in [-0.39, 0.29) is 10.6 Å². The molecule has 3 rings (SSSR count). The number of nitrogens with zero attached hydrogens (tertiary/aromatic N) is 3. The minimum Gasteiger partial charge on any atom is -0.307 e. The summed E-state index contributed by atoms with van der Waals surface area (Å²) in [5.74, 6) is 0. The Kier molecular flexibility index (Phi) is 3.44. The maximum Gasteiger partial charge on any atom is 0.273 e. The molecule has 7 heteroatoms. The van der Waals surface area contributed by atoms with E-state index in [1.807, 2.05) is 22.2 Å². The fourth-order valence-corrected chi connectivity index (χ4v) is 2.74. The molecule has 20 heavy (non-hydrogen) atoms. The Labute approximate surface area is 118 Å². The zero-order valence-electron chi connectivity index (χ0n) is 10.5. The van der Waals surface area contributed by atoms with E-state index in [1.54, 1.807) is 29.5 Å². The number of hydrogen-bond acceptors (Lipinski definition) is 5. The number of nitro benzene ring substituents is 1. The molecule has 1 aromatic carbocycles.